The van der Waals surface area contributed by atoms with Gasteiger partial charge in [-0.2, -0.15) is 0 Å². The van der Waals surface area contributed by atoms with Gasteiger partial charge in [0.05, 0.1) is 11.2 Å². The summed E-state index contributed by atoms with van der Waals surface area (Å²) < 4.78 is 1.23. The molecule has 2 rings (SSSR count). The van der Waals surface area contributed by atoms with Crippen LogP contribution >= 0.6 is 34.4 Å². The van der Waals surface area contributed by atoms with E-state index < -0.39 is 0 Å². The monoisotopic (exact) mass is 332 g/mol. The number of thioether (sulfide) groups is 1. The van der Waals surface area contributed by atoms with Crippen molar-refractivity contribution in [3.05, 3.63) is 27.8 Å². The molecule has 0 fully saturated rings. The summed E-state index contributed by atoms with van der Waals surface area (Å²) in [6, 6.07) is 8.25. The predicted octanol–water partition coefficient (Wildman–Crippen LogP) is 3.58. The molecule has 0 aliphatic carbocycles. The van der Waals surface area contributed by atoms with Crippen LogP contribution in [-0.4, -0.2) is 16.5 Å². The summed E-state index contributed by atoms with van der Waals surface area (Å²) in [5.41, 5.74) is 1.22. The lowest BCUT2D eigenvalue weighted by atomic mass is 10.1. The van der Waals surface area contributed by atoms with Crippen molar-refractivity contribution in [1.82, 2.24) is 0 Å². The quantitative estimate of drug-likeness (QED) is 0.795. The number of aliphatic imine (C=N–C) groups is 1. The third-order valence-electron chi connectivity index (χ3n) is 2.08. The molecule has 0 saturated carbocycles. The Morgan fingerprint density at radius 1 is 1.40 bits per heavy atom. The summed E-state index contributed by atoms with van der Waals surface area (Å²) in [5, 5.41) is 4.40. The molecule has 2 nitrogen and oxygen atoms in total. The molecule has 0 radical (unpaired) electrons. The Morgan fingerprint density at radius 2 is 2.13 bits per heavy atom. The van der Waals surface area contributed by atoms with E-state index in [1.54, 1.807) is 11.8 Å². The third-order valence-corrected chi connectivity index (χ3v) is 4.34. The fourth-order valence-corrected chi connectivity index (χ4v) is 2.90. The molecule has 4 heteroatoms. The van der Waals surface area contributed by atoms with Crippen LogP contribution in [0.3, 0.4) is 0 Å². The van der Waals surface area contributed by atoms with Gasteiger partial charge in [-0.25, -0.2) is 0 Å². The molecule has 0 saturated heterocycles. The van der Waals surface area contributed by atoms with E-state index in [4.69, 9.17) is 0 Å². The van der Waals surface area contributed by atoms with Crippen molar-refractivity contribution in [2.45, 2.75) is 19.4 Å². The highest BCUT2D eigenvalue weighted by molar-refractivity contribution is 14.1. The Kier molecular flexibility index (Phi) is 3.25. The molecule has 1 aliphatic rings. The fourth-order valence-electron chi connectivity index (χ4n) is 1.33. The number of rotatable bonds is 1. The van der Waals surface area contributed by atoms with E-state index in [9.17, 15) is 0 Å². The molecule has 1 aliphatic heterocycles. The van der Waals surface area contributed by atoms with Gasteiger partial charge in [-0.3, -0.25) is 4.99 Å². The van der Waals surface area contributed by atoms with Gasteiger partial charge in [0.25, 0.3) is 0 Å². The average molecular weight is 332 g/mol. The van der Waals surface area contributed by atoms with E-state index in [0.717, 1.165) is 16.6 Å². The van der Waals surface area contributed by atoms with Gasteiger partial charge in [0.1, 0.15) is 0 Å². The van der Waals surface area contributed by atoms with Crippen molar-refractivity contribution < 1.29 is 0 Å². The van der Waals surface area contributed by atoms with Crippen LogP contribution in [0.2, 0.25) is 0 Å². The van der Waals surface area contributed by atoms with Gasteiger partial charge in [-0.05, 0) is 48.6 Å². The van der Waals surface area contributed by atoms with Crippen LogP contribution in [-0.2, 0) is 0 Å². The molecule has 0 unspecified atom stereocenters. The molecule has 1 aromatic rings. The number of hydrogen-bond acceptors (Lipinski definition) is 3. The zero-order valence-electron chi connectivity index (χ0n) is 8.75. The number of anilines is 1. The maximum atomic E-state index is 4.62. The molecule has 0 spiro atoms. The highest BCUT2D eigenvalue weighted by Crippen LogP contribution is 2.28. The Morgan fingerprint density at radius 3 is 2.73 bits per heavy atom. The first kappa shape index (κ1) is 11.3. The van der Waals surface area contributed by atoms with Crippen molar-refractivity contribution in [3.63, 3.8) is 0 Å². The molecular formula is C11H13IN2S. The van der Waals surface area contributed by atoms with Crippen LogP contribution in [0.25, 0.3) is 0 Å². The normalized spacial score (nSPS) is 18.7. The van der Waals surface area contributed by atoms with Gasteiger partial charge >= 0.3 is 0 Å². The number of hydrogen-bond donors (Lipinski definition) is 1. The number of para-hydroxylation sites is 1. The smallest absolute Gasteiger partial charge is 0.161 e. The first-order chi connectivity index (χ1) is 7.07. The largest absolute Gasteiger partial charge is 0.334 e. The van der Waals surface area contributed by atoms with E-state index in [1.807, 2.05) is 12.1 Å². The number of halogens is 1. The van der Waals surface area contributed by atoms with Gasteiger partial charge < -0.3 is 5.32 Å². The van der Waals surface area contributed by atoms with Crippen molar-refractivity contribution in [3.8, 4) is 0 Å². The van der Waals surface area contributed by atoms with Crippen molar-refractivity contribution >= 4 is 45.2 Å². The van der Waals surface area contributed by atoms with E-state index >= 15 is 0 Å². The van der Waals surface area contributed by atoms with E-state index in [-0.39, 0.29) is 5.54 Å². The van der Waals surface area contributed by atoms with E-state index in [2.05, 4.69) is 58.9 Å². The van der Waals surface area contributed by atoms with Crippen molar-refractivity contribution in [2.24, 2.45) is 4.99 Å². The second-order valence-electron chi connectivity index (χ2n) is 4.12. The molecule has 0 bridgehead atoms. The van der Waals surface area contributed by atoms with Crippen LogP contribution < -0.4 is 5.32 Å². The lowest BCUT2D eigenvalue weighted by molar-refractivity contribution is 0.605. The topological polar surface area (TPSA) is 24.4 Å². The molecule has 0 aromatic heterocycles. The highest BCUT2D eigenvalue weighted by atomic mass is 127. The molecule has 15 heavy (non-hydrogen) atoms. The van der Waals surface area contributed by atoms with Gasteiger partial charge in [0.2, 0.25) is 0 Å². The van der Waals surface area contributed by atoms with Crippen LogP contribution in [0.1, 0.15) is 13.8 Å². The predicted molar refractivity (Wildman–Crippen MR) is 76.8 cm³/mol. The summed E-state index contributed by atoms with van der Waals surface area (Å²) in [4.78, 5) is 4.62. The SMILES string of the molecule is CC1(C)CSC(Nc2ccccc2I)=N1. The molecular weight excluding hydrogens is 319 g/mol. The van der Waals surface area contributed by atoms with E-state index in [0.29, 0.717) is 0 Å². The summed E-state index contributed by atoms with van der Waals surface area (Å²) >= 11 is 4.12. The van der Waals surface area contributed by atoms with Crippen molar-refractivity contribution in [1.29, 1.82) is 0 Å². The minimum Gasteiger partial charge on any atom is -0.334 e. The van der Waals surface area contributed by atoms with Crippen LogP contribution in [0.5, 0.6) is 0 Å². The summed E-state index contributed by atoms with van der Waals surface area (Å²) in [6.07, 6.45) is 0. The van der Waals surface area contributed by atoms with Crippen LogP contribution in [0, 0.1) is 3.57 Å². The average Bonchev–Trinajstić information content (AvgIpc) is 2.50. The lowest BCUT2D eigenvalue weighted by Gasteiger charge is -2.09. The molecule has 0 atom stereocenters. The number of nitrogens with one attached hydrogen (secondary N) is 1. The second-order valence-corrected chi connectivity index (χ2v) is 6.25. The standard InChI is InChI=1S/C11H13IN2S/c1-11(2)7-15-10(14-11)13-9-6-4-3-5-8(9)12/h3-6H,7H2,1-2H3,(H,13,14). The number of amidine groups is 1. The first-order valence-corrected chi connectivity index (χ1v) is 6.87. The van der Waals surface area contributed by atoms with Gasteiger partial charge in [0, 0.05) is 9.32 Å². The zero-order valence-corrected chi connectivity index (χ0v) is 11.7. The minimum absolute atomic E-state index is 0.0766. The van der Waals surface area contributed by atoms with Crippen molar-refractivity contribution in [2.75, 3.05) is 11.1 Å². The Labute approximate surface area is 108 Å². The Hall–Kier alpha value is -0.230. The van der Waals surface area contributed by atoms with Gasteiger partial charge in [0.15, 0.2) is 5.17 Å². The Bertz CT molecular complexity index is 401. The molecule has 80 valence electrons. The second kappa shape index (κ2) is 4.33. The molecule has 1 N–H and O–H groups in total. The van der Waals surface area contributed by atoms with Gasteiger partial charge in [-0.1, -0.05) is 23.9 Å². The summed E-state index contributed by atoms with van der Waals surface area (Å²) in [7, 11) is 0. The highest BCUT2D eigenvalue weighted by Gasteiger charge is 2.25. The molecule has 1 heterocycles. The third kappa shape index (κ3) is 2.87. The van der Waals surface area contributed by atoms with Gasteiger partial charge in [-0.15, -0.1) is 0 Å². The summed E-state index contributed by atoms with van der Waals surface area (Å²) in [5.74, 6) is 1.05. The molecule has 1 aromatic carbocycles. The first-order valence-electron chi connectivity index (χ1n) is 4.81. The maximum absolute atomic E-state index is 4.62. The molecule has 0 amide bonds. The maximum Gasteiger partial charge on any atom is 0.161 e. The number of nitrogens with zero attached hydrogens (tertiary/aromatic N) is 1. The van der Waals surface area contributed by atoms with Crippen LogP contribution in [0.15, 0.2) is 29.3 Å². The van der Waals surface area contributed by atoms with Crippen LogP contribution in [0.4, 0.5) is 5.69 Å². The zero-order chi connectivity index (χ0) is 10.9. The Balaban J connectivity index is 2.14. The van der Waals surface area contributed by atoms with E-state index in [1.165, 1.54) is 3.57 Å². The minimum atomic E-state index is 0.0766. The summed E-state index contributed by atoms with van der Waals surface area (Å²) in [6.45, 7) is 4.31. The lowest BCUT2D eigenvalue weighted by Crippen LogP contribution is -2.15. The number of benzene rings is 1. The fraction of sp³-hybridized carbons (Fsp3) is 0.364.